The Morgan fingerprint density at radius 1 is 1.24 bits per heavy atom. The summed E-state index contributed by atoms with van der Waals surface area (Å²) in [6, 6.07) is 14.2. The number of hydrogen-bond acceptors (Lipinski definition) is 5. The molecule has 0 aliphatic carbocycles. The quantitative estimate of drug-likeness (QED) is 0.375. The highest BCUT2D eigenvalue weighted by molar-refractivity contribution is 6.09. The molecule has 25 heavy (non-hydrogen) atoms. The summed E-state index contributed by atoms with van der Waals surface area (Å²) in [7, 11) is 0. The van der Waals surface area contributed by atoms with Gasteiger partial charge in [0.2, 0.25) is 0 Å². The predicted molar refractivity (Wildman–Crippen MR) is 92.9 cm³/mol. The number of rotatable bonds is 6. The number of nitro benzene ring substituents is 1. The first-order chi connectivity index (χ1) is 12.0. The first kappa shape index (κ1) is 17.7. The molecule has 7 nitrogen and oxygen atoms in total. The zero-order chi connectivity index (χ0) is 18.2. The number of ether oxygens (including phenoxy) is 1. The second kappa shape index (κ2) is 8.26. The average Bonchev–Trinajstić information content (AvgIpc) is 2.62. The molecule has 0 aromatic heterocycles. The van der Waals surface area contributed by atoms with E-state index in [9.17, 15) is 20.2 Å². The molecule has 0 fully saturated rings. The summed E-state index contributed by atoms with van der Waals surface area (Å²) in [5.41, 5.74) is 0.875. The van der Waals surface area contributed by atoms with Crippen molar-refractivity contribution in [3.05, 3.63) is 69.8 Å². The number of non-ortho nitro benzene ring substituents is 1. The van der Waals surface area contributed by atoms with E-state index in [1.807, 2.05) is 13.0 Å². The molecule has 0 spiro atoms. The van der Waals surface area contributed by atoms with Crippen molar-refractivity contribution in [1.82, 2.24) is 0 Å². The van der Waals surface area contributed by atoms with Gasteiger partial charge >= 0.3 is 0 Å². The monoisotopic (exact) mass is 337 g/mol. The van der Waals surface area contributed by atoms with Crippen LogP contribution in [0, 0.1) is 21.4 Å². The van der Waals surface area contributed by atoms with Crippen LogP contribution < -0.4 is 10.1 Å². The third-order valence-corrected chi connectivity index (χ3v) is 3.20. The zero-order valence-corrected chi connectivity index (χ0v) is 13.4. The average molecular weight is 337 g/mol. The minimum atomic E-state index is -0.565. The van der Waals surface area contributed by atoms with Gasteiger partial charge in [0.25, 0.3) is 11.6 Å². The van der Waals surface area contributed by atoms with Gasteiger partial charge in [-0.2, -0.15) is 5.26 Å². The molecule has 0 saturated heterocycles. The van der Waals surface area contributed by atoms with Gasteiger partial charge in [-0.1, -0.05) is 0 Å². The normalized spacial score (nSPS) is 10.6. The smallest absolute Gasteiger partial charge is 0.269 e. The lowest BCUT2D eigenvalue weighted by Gasteiger charge is -2.06. The number of anilines is 1. The second-order valence-corrected chi connectivity index (χ2v) is 4.93. The van der Waals surface area contributed by atoms with Gasteiger partial charge in [-0.25, -0.2) is 0 Å². The number of nitro groups is 1. The Hall–Kier alpha value is -3.66. The van der Waals surface area contributed by atoms with Gasteiger partial charge in [-0.05, 0) is 55.0 Å². The van der Waals surface area contributed by atoms with Crippen LogP contribution in [0.25, 0.3) is 6.08 Å². The summed E-state index contributed by atoms with van der Waals surface area (Å²) in [4.78, 5) is 22.3. The number of nitriles is 1. The molecule has 0 radical (unpaired) electrons. The van der Waals surface area contributed by atoms with E-state index >= 15 is 0 Å². The molecule has 126 valence electrons. The van der Waals surface area contributed by atoms with Gasteiger partial charge < -0.3 is 10.1 Å². The molecule has 0 saturated carbocycles. The van der Waals surface area contributed by atoms with Gasteiger partial charge in [-0.15, -0.1) is 0 Å². The van der Waals surface area contributed by atoms with E-state index in [2.05, 4.69) is 5.32 Å². The highest BCUT2D eigenvalue weighted by Crippen LogP contribution is 2.18. The Labute approximate surface area is 144 Å². The fourth-order valence-electron chi connectivity index (χ4n) is 2.01. The SMILES string of the molecule is CCOc1ccc(NC(=O)/C(C#N)=C/c2ccc([N+](=O)[O-])cc2)cc1. The van der Waals surface area contributed by atoms with Crippen LogP contribution in [0.1, 0.15) is 12.5 Å². The summed E-state index contributed by atoms with van der Waals surface area (Å²) < 4.78 is 5.32. The van der Waals surface area contributed by atoms with Crippen molar-refractivity contribution in [3.63, 3.8) is 0 Å². The largest absolute Gasteiger partial charge is 0.494 e. The Morgan fingerprint density at radius 3 is 2.40 bits per heavy atom. The zero-order valence-electron chi connectivity index (χ0n) is 13.4. The number of benzene rings is 2. The maximum Gasteiger partial charge on any atom is 0.269 e. The topological polar surface area (TPSA) is 105 Å². The van der Waals surface area contributed by atoms with Crippen molar-refractivity contribution in [2.75, 3.05) is 11.9 Å². The fraction of sp³-hybridized carbons (Fsp3) is 0.111. The van der Waals surface area contributed by atoms with E-state index in [1.54, 1.807) is 24.3 Å². The number of hydrogen-bond donors (Lipinski definition) is 1. The first-order valence-corrected chi connectivity index (χ1v) is 7.44. The van der Waals surface area contributed by atoms with Crippen molar-refractivity contribution in [2.24, 2.45) is 0 Å². The van der Waals surface area contributed by atoms with Crippen molar-refractivity contribution < 1.29 is 14.5 Å². The molecule has 0 aliphatic rings. The first-order valence-electron chi connectivity index (χ1n) is 7.44. The molecular formula is C18H15N3O4. The molecule has 2 rings (SSSR count). The Balaban J connectivity index is 2.12. The van der Waals surface area contributed by atoms with Crippen molar-refractivity contribution in [1.29, 1.82) is 5.26 Å². The Morgan fingerprint density at radius 2 is 1.88 bits per heavy atom. The number of amides is 1. The standard InChI is InChI=1S/C18H15N3O4/c1-2-25-17-9-5-15(6-10-17)20-18(22)14(12-19)11-13-3-7-16(8-4-13)21(23)24/h3-11H,2H2,1H3,(H,20,22)/b14-11+. The Kier molecular flexibility index (Phi) is 5.85. The Bertz CT molecular complexity index is 834. The van der Waals surface area contributed by atoms with Crippen LogP contribution in [0.15, 0.2) is 54.1 Å². The lowest BCUT2D eigenvalue weighted by atomic mass is 10.1. The molecule has 1 N–H and O–H groups in total. The summed E-state index contributed by atoms with van der Waals surface area (Å²) in [6.07, 6.45) is 1.37. The molecule has 0 aliphatic heterocycles. The minimum Gasteiger partial charge on any atom is -0.494 e. The third kappa shape index (κ3) is 4.91. The van der Waals surface area contributed by atoms with Crippen LogP contribution in [0.3, 0.4) is 0 Å². The summed E-state index contributed by atoms with van der Waals surface area (Å²) in [6.45, 7) is 2.42. The van der Waals surface area contributed by atoms with E-state index < -0.39 is 10.8 Å². The van der Waals surface area contributed by atoms with E-state index in [1.165, 1.54) is 30.3 Å². The highest BCUT2D eigenvalue weighted by Gasteiger charge is 2.10. The van der Waals surface area contributed by atoms with Crippen LogP contribution in [-0.4, -0.2) is 17.4 Å². The van der Waals surface area contributed by atoms with Gasteiger partial charge in [-0.3, -0.25) is 14.9 Å². The molecule has 2 aromatic carbocycles. The van der Waals surface area contributed by atoms with Gasteiger partial charge in [0.15, 0.2) is 0 Å². The molecule has 0 unspecified atom stereocenters. The fourth-order valence-corrected chi connectivity index (χ4v) is 2.01. The maximum atomic E-state index is 12.2. The molecule has 2 aromatic rings. The van der Waals surface area contributed by atoms with Gasteiger partial charge in [0.1, 0.15) is 17.4 Å². The number of carbonyl (C=O) groups excluding carboxylic acids is 1. The lowest BCUT2D eigenvalue weighted by Crippen LogP contribution is -2.13. The maximum absolute atomic E-state index is 12.2. The van der Waals surface area contributed by atoms with Crippen LogP contribution in [0.2, 0.25) is 0 Å². The van der Waals surface area contributed by atoms with Crippen LogP contribution in [0.5, 0.6) is 5.75 Å². The molecule has 0 bridgehead atoms. The lowest BCUT2D eigenvalue weighted by molar-refractivity contribution is -0.384. The minimum absolute atomic E-state index is 0.0607. The van der Waals surface area contributed by atoms with E-state index in [-0.39, 0.29) is 11.3 Å². The number of carbonyl (C=O) groups is 1. The summed E-state index contributed by atoms with van der Waals surface area (Å²) in [5.74, 6) is 0.118. The molecular weight excluding hydrogens is 322 g/mol. The molecule has 7 heteroatoms. The second-order valence-electron chi connectivity index (χ2n) is 4.93. The van der Waals surface area contributed by atoms with Gasteiger partial charge in [0, 0.05) is 17.8 Å². The van der Waals surface area contributed by atoms with Gasteiger partial charge in [0.05, 0.1) is 11.5 Å². The van der Waals surface area contributed by atoms with E-state index in [0.717, 1.165) is 0 Å². The third-order valence-electron chi connectivity index (χ3n) is 3.20. The summed E-state index contributed by atoms with van der Waals surface area (Å²) in [5, 5.41) is 22.4. The van der Waals surface area contributed by atoms with Crippen LogP contribution in [0.4, 0.5) is 11.4 Å². The van der Waals surface area contributed by atoms with Crippen LogP contribution in [-0.2, 0) is 4.79 Å². The van der Waals surface area contributed by atoms with Crippen molar-refractivity contribution in [3.8, 4) is 11.8 Å². The number of nitrogens with one attached hydrogen (secondary N) is 1. The highest BCUT2D eigenvalue weighted by atomic mass is 16.6. The van der Waals surface area contributed by atoms with Crippen LogP contribution >= 0.6 is 0 Å². The molecule has 1 amide bonds. The van der Waals surface area contributed by atoms with E-state index in [4.69, 9.17) is 4.74 Å². The van der Waals surface area contributed by atoms with Crippen molar-refractivity contribution >= 4 is 23.4 Å². The summed E-state index contributed by atoms with van der Waals surface area (Å²) >= 11 is 0. The number of nitrogens with zero attached hydrogens (tertiary/aromatic N) is 2. The van der Waals surface area contributed by atoms with E-state index in [0.29, 0.717) is 23.6 Å². The van der Waals surface area contributed by atoms with Crippen molar-refractivity contribution in [2.45, 2.75) is 6.92 Å². The predicted octanol–water partition coefficient (Wildman–Crippen LogP) is 3.54. The molecule has 0 heterocycles. The molecule has 0 atom stereocenters.